The standard InChI is InChI=1S/C18H28N4O2/c1-12-7-9-22(10-8-12)18-20-15(11-16(23)21-18)13(2)19-17(24)14-5-3-4-6-14/h11-14H,3-10H2,1-2H3,(H,19,24)(H,20,21,23)/t13-/m1/s1. The first-order chi connectivity index (χ1) is 11.5. The highest BCUT2D eigenvalue weighted by atomic mass is 16.2. The second kappa shape index (κ2) is 7.36. The highest BCUT2D eigenvalue weighted by Crippen LogP contribution is 2.26. The van der Waals surface area contributed by atoms with Gasteiger partial charge in [0.15, 0.2) is 0 Å². The number of hydrogen-bond acceptors (Lipinski definition) is 4. The van der Waals surface area contributed by atoms with Crippen LogP contribution in [0.15, 0.2) is 10.9 Å². The fourth-order valence-corrected chi connectivity index (χ4v) is 3.65. The van der Waals surface area contributed by atoms with Crippen molar-refractivity contribution in [2.24, 2.45) is 11.8 Å². The monoisotopic (exact) mass is 332 g/mol. The molecule has 1 aromatic heterocycles. The lowest BCUT2D eigenvalue weighted by Gasteiger charge is -2.31. The predicted octanol–water partition coefficient (Wildman–Crippen LogP) is 2.37. The molecule has 0 radical (unpaired) electrons. The SMILES string of the molecule is CC1CCN(c2nc([C@@H](C)NC(=O)C3CCCC3)cc(=O)[nH]2)CC1. The Kier molecular flexibility index (Phi) is 5.21. The molecule has 2 N–H and O–H groups in total. The van der Waals surface area contributed by atoms with Crippen LogP contribution in [0.3, 0.4) is 0 Å². The van der Waals surface area contributed by atoms with Gasteiger partial charge in [-0.3, -0.25) is 14.6 Å². The van der Waals surface area contributed by atoms with Crippen molar-refractivity contribution in [3.8, 4) is 0 Å². The summed E-state index contributed by atoms with van der Waals surface area (Å²) in [5, 5.41) is 3.03. The smallest absolute Gasteiger partial charge is 0.252 e. The highest BCUT2D eigenvalue weighted by Gasteiger charge is 2.25. The van der Waals surface area contributed by atoms with E-state index >= 15 is 0 Å². The summed E-state index contributed by atoms with van der Waals surface area (Å²) in [6.45, 7) is 5.98. The fourth-order valence-electron chi connectivity index (χ4n) is 3.65. The van der Waals surface area contributed by atoms with E-state index in [9.17, 15) is 9.59 Å². The van der Waals surface area contributed by atoms with E-state index in [-0.39, 0.29) is 23.4 Å². The number of aromatic amines is 1. The molecule has 1 aromatic rings. The van der Waals surface area contributed by atoms with Crippen molar-refractivity contribution in [2.75, 3.05) is 18.0 Å². The number of carbonyl (C=O) groups is 1. The fraction of sp³-hybridized carbons (Fsp3) is 0.722. The Labute approximate surface area is 143 Å². The van der Waals surface area contributed by atoms with Crippen molar-refractivity contribution in [3.05, 3.63) is 22.1 Å². The molecule has 0 spiro atoms. The Bertz CT molecular complexity index is 628. The van der Waals surface area contributed by atoms with Gasteiger partial charge in [0.1, 0.15) is 0 Å². The summed E-state index contributed by atoms with van der Waals surface area (Å²) in [5.41, 5.74) is 0.481. The number of anilines is 1. The molecule has 6 nitrogen and oxygen atoms in total. The highest BCUT2D eigenvalue weighted by molar-refractivity contribution is 5.79. The minimum absolute atomic E-state index is 0.0930. The average Bonchev–Trinajstić information content (AvgIpc) is 3.09. The number of nitrogens with zero attached hydrogens (tertiary/aromatic N) is 2. The first-order valence-corrected chi connectivity index (χ1v) is 9.19. The molecule has 132 valence electrons. The molecule has 0 bridgehead atoms. The van der Waals surface area contributed by atoms with Gasteiger partial charge in [-0.25, -0.2) is 4.98 Å². The summed E-state index contributed by atoms with van der Waals surface area (Å²) in [6, 6.07) is 1.25. The lowest BCUT2D eigenvalue weighted by Crippen LogP contribution is -2.36. The van der Waals surface area contributed by atoms with Crippen LogP contribution in [0.1, 0.15) is 64.1 Å². The van der Waals surface area contributed by atoms with Gasteiger partial charge in [0.05, 0.1) is 11.7 Å². The van der Waals surface area contributed by atoms with Crippen LogP contribution in [0.2, 0.25) is 0 Å². The number of hydrogen-bond donors (Lipinski definition) is 2. The van der Waals surface area contributed by atoms with Crippen molar-refractivity contribution < 1.29 is 4.79 Å². The zero-order valence-electron chi connectivity index (χ0n) is 14.7. The van der Waals surface area contributed by atoms with Crippen molar-refractivity contribution >= 4 is 11.9 Å². The zero-order valence-corrected chi connectivity index (χ0v) is 14.7. The van der Waals surface area contributed by atoms with Crippen LogP contribution in [0.25, 0.3) is 0 Å². The second-order valence-corrected chi connectivity index (χ2v) is 7.38. The maximum absolute atomic E-state index is 12.3. The first kappa shape index (κ1) is 17.0. The Morgan fingerprint density at radius 3 is 2.62 bits per heavy atom. The molecule has 24 heavy (non-hydrogen) atoms. The van der Waals surface area contributed by atoms with Gasteiger partial charge in [-0.2, -0.15) is 0 Å². The summed E-state index contributed by atoms with van der Waals surface area (Å²) < 4.78 is 0. The predicted molar refractivity (Wildman–Crippen MR) is 94.0 cm³/mol. The van der Waals surface area contributed by atoms with E-state index in [0.29, 0.717) is 11.6 Å². The van der Waals surface area contributed by atoms with Crippen LogP contribution in [0.5, 0.6) is 0 Å². The summed E-state index contributed by atoms with van der Waals surface area (Å²) in [4.78, 5) is 33.9. The summed E-state index contributed by atoms with van der Waals surface area (Å²) >= 11 is 0. The van der Waals surface area contributed by atoms with Crippen LogP contribution in [0, 0.1) is 11.8 Å². The summed E-state index contributed by atoms with van der Waals surface area (Å²) in [6.07, 6.45) is 6.43. The van der Waals surface area contributed by atoms with Crippen LogP contribution in [-0.2, 0) is 4.79 Å². The lowest BCUT2D eigenvalue weighted by molar-refractivity contribution is -0.125. The third-order valence-corrected chi connectivity index (χ3v) is 5.36. The van der Waals surface area contributed by atoms with Gasteiger partial charge in [0.25, 0.3) is 5.56 Å². The molecular formula is C18H28N4O2. The Morgan fingerprint density at radius 1 is 1.29 bits per heavy atom. The van der Waals surface area contributed by atoms with Gasteiger partial charge < -0.3 is 10.2 Å². The number of aromatic nitrogens is 2. The first-order valence-electron chi connectivity index (χ1n) is 9.19. The summed E-state index contributed by atoms with van der Waals surface area (Å²) in [5.74, 6) is 1.57. The van der Waals surface area contributed by atoms with Gasteiger partial charge in [-0.05, 0) is 38.5 Å². The van der Waals surface area contributed by atoms with Crippen LogP contribution in [0.4, 0.5) is 5.95 Å². The third-order valence-electron chi connectivity index (χ3n) is 5.36. The van der Waals surface area contributed by atoms with Crippen LogP contribution < -0.4 is 15.8 Å². The Balaban J connectivity index is 1.70. The Hall–Kier alpha value is -1.85. The molecule has 1 aliphatic carbocycles. The van der Waals surface area contributed by atoms with Crippen molar-refractivity contribution in [1.29, 1.82) is 0 Å². The molecule has 0 aromatic carbocycles. The molecule has 1 saturated carbocycles. The number of H-pyrrole nitrogens is 1. The molecule has 6 heteroatoms. The summed E-state index contributed by atoms with van der Waals surface area (Å²) in [7, 11) is 0. The van der Waals surface area contributed by atoms with Crippen molar-refractivity contribution in [2.45, 2.75) is 58.4 Å². The maximum Gasteiger partial charge on any atom is 0.252 e. The molecule has 0 unspecified atom stereocenters. The quantitative estimate of drug-likeness (QED) is 0.887. The zero-order chi connectivity index (χ0) is 17.1. The normalized spacial score (nSPS) is 21.0. The third kappa shape index (κ3) is 3.97. The maximum atomic E-state index is 12.3. The van der Waals surface area contributed by atoms with Crippen LogP contribution in [-0.4, -0.2) is 29.0 Å². The van der Waals surface area contributed by atoms with Gasteiger partial charge in [-0.1, -0.05) is 19.8 Å². The van der Waals surface area contributed by atoms with E-state index in [0.717, 1.165) is 57.5 Å². The van der Waals surface area contributed by atoms with Gasteiger partial charge in [0.2, 0.25) is 11.9 Å². The van der Waals surface area contributed by atoms with Gasteiger partial charge in [-0.15, -0.1) is 0 Å². The Morgan fingerprint density at radius 2 is 1.96 bits per heavy atom. The number of rotatable bonds is 4. The minimum Gasteiger partial charge on any atom is -0.348 e. The van der Waals surface area contributed by atoms with Crippen molar-refractivity contribution in [3.63, 3.8) is 0 Å². The molecule has 1 aliphatic heterocycles. The minimum atomic E-state index is -0.247. The lowest BCUT2D eigenvalue weighted by atomic mass is 10.00. The molecule has 3 rings (SSSR count). The molecule has 1 atom stereocenters. The number of amides is 1. The van der Waals surface area contributed by atoms with E-state index in [1.165, 1.54) is 6.07 Å². The number of carbonyl (C=O) groups excluding carboxylic acids is 1. The number of nitrogens with one attached hydrogen (secondary N) is 2. The largest absolute Gasteiger partial charge is 0.348 e. The second-order valence-electron chi connectivity index (χ2n) is 7.38. The van der Waals surface area contributed by atoms with E-state index in [2.05, 4.69) is 27.1 Å². The molecule has 1 saturated heterocycles. The number of piperidine rings is 1. The molecule has 1 amide bonds. The molecule has 2 fully saturated rings. The topological polar surface area (TPSA) is 78.1 Å². The molecule has 2 heterocycles. The van der Waals surface area contributed by atoms with E-state index in [4.69, 9.17) is 0 Å². The van der Waals surface area contributed by atoms with Crippen LogP contribution >= 0.6 is 0 Å². The van der Waals surface area contributed by atoms with Gasteiger partial charge >= 0.3 is 0 Å². The average molecular weight is 332 g/mol. The molecular weight excluding hydrogens is 304 g/mol. The van der Waals surface area contributed by atoms with Gasteiger partial charge in [0, 0.05) is 25.1 Å². The molecule has 2 aliphatic rings. The van der Waals surface area contributed by atoms with Crippen molar-refractivity contribution in [1.82, 2.24) is 15.3 Å². The van der Waals surface area contributed by atoms with E-state index in [1.54, 1.807) is 0 Å². The van der Waals surface area contributed by atoms with E-state index < -0.39 is 0 Å². The van der Waals surface area contributed by atoms with E-state index in [1.807, 2.05) is 6.92 Å².